The molecule has 1 N–H and O–H groups in total. The van der Waals surface area contributed by atoms with E-state index in [-0.39, 0.29) is 12.0 Å². The number of rotatable bonds is 5. The minimum Gasteiger partial charge on any atom is -0.468 e. The summed E-state index contributed by atoms with van der Waals surface area (Å²) in [4.78, 5) is 11.9. The minimum absolute atomic E-state index is 0.116. The van der Waals surface area contributed by atoms with Gasteiger partial charge in [-0.15, -0.1) is 0 Å². The summed E-state index contributed by atoms with van der Waals surface area (Å²) in [7, 11) is 1.48. The second-order valence-electron chi connectivity index (χ2n) is 6.17. The lowest BCUT2D eigenvalue weighted by atomic mass is 9.80. The van der Waals surface area contributed by atoms with E-state index in [1.54, 1.807) is 0 Å². The van der Waals surface area contributed by atoms with Gasteiger partial charge in [0.15, 0.2) is 0 Å². The number of methoxy groups -OCH3 is 1. The normalized spacial score (nSPS) is 31.7. The van der Waals surface area contributed by atoms with Gasteiger partial charge < -0.3 is 10.1 Å². The van der Waals surface area contributed by atoms with Crippen molar-refractivity contribution in [1.29, 1.82) is 0 Å². The largest absolute Gasteiger partial charge is 0.468 e. The first-order valence-electron chi connectivity index (χ1n) is 7.31. The van der Waals surface area contributed by atoms with Crippen LogP contribution in [0.2, 0.25) is 0 Å². The van der Waals surface area contributed by atoms with E-state index >= 15 is 0 Å². The van der Waals surface area contributed by atoms with Crippen molar-refractivity contribution in [1.82, 2.24) is 5.32 Å². The Morgan fingerprint density at radius 3 is 2.28 bits per heavy atom. The van der Waals surface area contributed by atoms with Crippen LogP contribution in [0.25, 0.3) is 0 Å². The van der Waals surface area contributed by atoms with Crippen molar-refractivity contribution in [2.45, 2.75) is 65.5 Å². The third-order valence-electron chi connectivity index (χ3n) is 4.26. The van der Waals surface area contributed by atoms with Gasteiger partial charge in [-0.2, -0.15) is 0 Å². The lowest BCUT2D eigenvalue weighted by Gasteiger charge is -2.35. The Morgan fingerprint density at radius 2 is 1.83 bits per heavy atom. The first-order chi connectivity index (χ1) is 8.47. The average molecular weight is 255 g/mol. The van der Waals surface area contributed by atoms with E-state index < -0.39 is 0 Å². The molecule has 4 atom stereocenters. The highest BCUT2D eigenvalue weighted by Gasteiger charge is 2.31. The molecule has 1 aliphatic rings. The first kappa shape index (κ1) is 15.5. The van der Waals surface area contributed by atoms with E-state index in [2.05, 4.69) is 33.0 Å². The Labute approximate surface area is 112 Å². The summed E-state index contributed by atoms with van der Waals surface area (Å²) in [5.41, 5.74) is 0. The van der Waals surface area contributed by atoms with Crippen LogP contribution in [-0.4, -0.2) is 25.2 Å². The molecular formula is C15H29NO2. The fraction of sp³-hybridized carbons (Fsp3) is 0.933. The maximum atomic E-state index is 11.9. The third-order valence-corrected chi connectivity index (χ3v) is 4.26. The predicted molar refractivity (Wildman–Crippen MR) is 74.4 cm³/mol. The molecule has 0 bridgehead atoms. The quantitative estimate of drug-likeness (QED) is 0.768. The van der Waals surface area contributed by atoms with Crippen molar-refractivity contribution >= 4 is 5.97 Å². The number of nitrogens with one attached hydrogen (secondary N) is 1. The lowest BCUT2D eigenvalue weighted by molar-refractivity contribution is -0.145. The summed E-state index contributed by atoms with van der Waals surface area (Å²) in [6.45, 7) is 8.85. The number of ether oxygens (including phenoxy) is 1. The van der Waals surface area contributed by atoms with Crippen molar-refractivity contribution in [2.75, 3.05) is 7.11 Å². The summed E-state index contributed by atoms with van der Waals surface area (Å²) in [5.74, 6) is 1.71. The molecule has 18 heavy (non-hydrogen) atoms. The zero-order valence-electron chi connectivity index (χ0n) is 12.5. The molecule has 3 heteroatoms. The predicted octanol–water partition coefficient (Wildman–Crippen LogP) is 2.99. The van der Waals surface area contributed by atoms with E-state index in [0.29, 0.717) is 12.0 Å². The van der Waals surface area contributed by atoms with Gasteiger partial charge in [-0.25, -0.2) is 0 Å². The molecule has 106 valence electrons. The molecule has 0 aliphatic heterocycles. The standard InChI is InChI=1S/C15H29NO2/c1-6-12(4)14(15(17)18-5)16-13-8-10(2)7-11(3)9-13/h10-14,16H,6-9H2,1-5H3. The van der Waals surface area contributed by atoms with E-state index in [9.17, 15) is 4.79 Å². The Hall–Kier alpha value is -0.570. The van der Waals surface area contributed by atoms with Crippen molar-refractivity contribution in [2.24, 2.45) is 17.8 Å². The SMILES string of the molecule is CCC(C)C(NC1CC(C)CC(C)C1)C(=O)OC. The summed E-state index contributed by atoms with van der Waals surface area (Å²) >= 11 is 0. The number of hydrogen-bond acceptors (Lipinski definition) is 3. The fourth-order valence-electron chi connectivity index (χ4n) is 3.16. The molecule has 1 aliphatic carbocycles. The smallest absolute Gasteiger partial charge is 0.323 e. The molecule has 3 nitrogen and oxygen atoms in total. The van der Waals surface area contributed by atoms with Crippen molar-refractivity contribution in [3.05, 3.63) is 0 Å². The topological polar surface area (TPSA) is 38.3 Å². The average Bonchev–Trinajstić information content (AvgIpc) is 2.33. The number of esters is 1. The molecule has 0 aromatic carbocycles. The molecule has 0 heterocycles. The summed E-state index contributed by atoms with van der Waals surface area (Å²) in [6.07, 6.45) is 4.65. The highest BCUT2D eigenvalue weighted by atomic mass is 16.5. The van der Waals surface area contributed by atoms with Crippen molar-refractivity contribution < 1.29 is 9.53 Å². The Kier molecular flexibility index (Phi) is 6.13. The van der Waals surface area contributed by atoms with Crippen LogP contribution in [0.1, 0.15) is 53.4 Å². The Bertz CT molecular complexity index is 257. The van der Waals surface area contributed by atoms with Gasteiger partial charge in [0.05, 0.1) is 7.11 Å². The van der Waals surface area contributed by atoms with Gasteiger partial charge >= 0.3 is 5.97 Å². The maximum absolute atomic E-state index is 11.9. The van der Waals surface area contributed by atoms with Crippen LogP contribution >= 0.6 is 0 Å². The highest BCUT2D eigenvalue weighted by molar-refractivity contribution is 5.76. The van der Waals surface area contributed by atoms with E-state index in [0.717, 1.165) is 18.3 Å². The molecule has 1 saturated carbocycles. The first-order valence-corrected chi connectivity index (χ1v) is 7.31. The summed E-state index contributed by atoms with van der Waals surface area (Å²) in [6, 6.07) is 0.310. The number of carbonyl (C=O) groups is 1. The second kappa shape index (κ2) is 7.13. The summed E-state index contributed by atoms with van der Waals surface area (Å²) in [5, 5.41) is 3.54. The Balaban J connectivity index is 2.62. The van der Waals surface area contributed by atoms with Gasteiger partial charge in [0.1, 0.15) is 6.04 Å². The summed E-state index contributed by atoms with van der Waals surface area (Å²) < 4.78 is 4.93. The number of carbonyl (C=O) groups excluding carboxylic acids is 1. The van der Waals surface area contributed by atoms with E-state index in [1.807, 2.05) is 0 Å². The fourth-order valence-corrected chi connectivity index (χ4v) is 3.16. The molecule has 0 aromatic heterocycles. The van der Waals surface area contributed by atoms with Crippen molar-refractivity contribution in [3.63, 3.8) is 0 Å². The molecule has 0 spiro atoms. The van der Waals surface area contributed by atoms with Crippen LogP contribution in [0, 0.1) is 17.8 Å². The van der Waals surface area contributed by atoms with Crippen LogP contribution in [0.15, 0.2) is 0 Å². The van der Waals surface area contributed by atoms with Crippen molar-refractivity contribution in [3.8, 4) is 0 Å². The molecule has 4 unspecified atom stereocenters. The van der Waals surface area contributed by atoms with Crippen LogP contribution < -0.4 is 5.32 Å². The molecule has 1 fully saturated rings. The van der Waals surface area contributed by atoms with Gasteiger partial charge in [-0.05, 0) is 37.0 Å². The second-order valence-corrected chi connectivity index (χ2v) is 6.17. The van der Waals surface area contributed by atoms with Crippen LogP contribution in [0.4, 0.5) is 0 Å². The third kappa shape index (κ3) is 4.27. The monoisotopic (exact) mass is 255 g/mol. The molecular weight excluding hydrogens is 226 g/mol. The molecule has 0 aromatic rings. The van der Waals surface area contributed by atoms with Gasteiger partial charge in [0.25, 0.3) is 0 Å². The molecule has 0 saturated heterocycles. The highest BCUT2D eigenvalue weighted by Crippen LogP contribution is 2.29. The Morgan fingerprint density at radius 1 is 1.28 bits per heavy atom. The molecule has 0 radical (unpaired) electrons. The van der Waals surface area contributed by atoms with Gasteiger partial charge in [-0.3, -0.25) is 4.79 Å². The van der Waals surface area contributed by atoms with Crippen LogP contribution in [-0.2, 0) is 9.53 Å². The van der Waals surface area contributed by atoms with E-state index in [1.165, 1.54) is 26.4 Å². The van der Waals surface area contributed by atoms with Gasteiger partial charge in [-0.1, -0.05) is 34.1 Å². The zero-order valence-corrected chi connectivity index (χ0v) is 12.5. The van der Waals surface area contributed by atoms with Crippen LogP contribution in [0.3, 0.4) is 0 Å². The molecule has 1 rings (SSSR count). The molecule has 0 amide bonds. The van der Waals surface area contributed by atoms with Crippen LogP contribution in [0.5, 0.6) is 0 Å². The zero-order chi connectivity index (χ0) is 13.7. The van der Waals surface area contributed by atoms with Gasteiger partial charge in [0.2, 0.25) is 0 Å². The van der Waals surface area contributed by atoms with Gasteiger partial charge in [0, 0.05) is 6.04 Å². The van der Waals surface area contributed by atoms with E-state index in [4.69, 9.17) is 4.74 Å². The maximum Gasteiger partial charge on any atom is 0.323 e. The lowest BCUT2D eigenvalue weighted by Crippen LogP contribution is -2.49. The minimum atomic E-state index is -0.150. The number of hydrogen-bond donors (Lipinski definition) is 1.